The molecule has 1 heterocycles. The van der Waals surface area contributed by atoms with Crippen LogP contribution < -0.4 is 5.32 Å². The van der Waals surface area contributed by atoms with Crippen molar-refractivity contribution in [3.8, 4) is 5.75 Å². The van der Waals surface area contributed by atoms with E-state index in [9.17, 15) is 5.11 Å². The van der Waals surface area contributed by atoms with E-state index in [1.807, 2.05) is 12.1 Å². The summed E-state index contributed by atoms with van der Waals surface area (Å²) in [5.41, 5.74) is 2.45. The first-order chi connectivity index (χ1) is 8.89. The Hall–Kier alpha value is -1.06. The lowest BCUT2D eigenvalue weighted by Crippen LogP contribution is -2.44. The van der Waals surface area contributed by atoms with Crippen LogP contribution in [0.25, 0.3) is 0 Å². The molecule has 3 nitrogen and oxygen atoms in total. The maximum atomic E-state index is 10.2. The lowest BCUT2D eigenvalue weighted by Gasteiger charge is -2.34. The van der Waals surface area contributed by atoms with Crippen molar-refractivity contribution >= 4 is 0 Å². The molecule has 1 atom stereocenters. The second kappa shape index (κ2) is 5.51. The van der Waals surface area contributed by atoms with E-state index in [2.05, 4.69) is 44.0 Å². The third kappa shape index (κ3) is 3.28. The van der Waals surface area contributed by atoms with Crippen LogP contribution in [-0.4, -0.2) is 36.2 Å². The summed E-state index contributed by atoms with van der Waals surface area (Å²) in [6, 6.07) is 6.31. The first-order valence-electron chi connectivity index (χ1n) is 7.18. The minimum Gasteiger partial charge on any atom is -0.508 e. The highest BCUT2D eigenvalue weighted by Gasteiger charge is 2.22. The monoisotopic (exact) mass is 262 g/mol. The third-order valence-corrected chi connectivity index (χ3v) is 4.04. The molecule has 1 aromatic rings. The van der Waals surface area contributed by atoms with Gasteiger partial charge in [0.05, 0.1) is 0 Å². The number of nitrogens with one attached hydrogen (secondary N) is 1. The molecule has 106 valence electrons. The van der Waals surface area contributed by atoms with Gasteiger partial charge < -0.3 is 10.4 Å². The third-order valence-electron chi connectivity index (χ3n) is 4.04. The summed E-state index contributed by atoms with van der Waals surface area (Å²) >= 11 is 0. The maximum absolute atomic E-state index is 10.2. The Balaban J connectivity index is 2.27. The van der Waals surface area contributed by atoms with E-state index in [4.69, 9.17) is 0 Å². The Morgan fingerprint density at radius 2 is 1.84 bits per heavy atom. The summed E-state index contributed by atoms with van der Waals surface area (Å²) in [6.07, 6.45) is 0. The maximum Gasteiger partial charge on any atom is 0.120 e. The molecule has 2 N–H and O–H groups in total. The summed E-state index contributed by atoms with van der Waals surface area (Å²) in [5.74, 6) is 0.416. The van der Waals surface area contributed by atoms with Crippen LogP contribution in [0.1, 0.15) is 44.9 Å². The van der Waals surface area contributed by atoms with Gasteiger partial charge in [-0.25, -0.2) is 0 Å². The lowest BCUT2D eigenvalue weighted by atomic mass is 9.85. The van der Waals surface area contributed by atoms with Crippen LogP contribution >= 0.6 is 0 Å². The van der Waals surface area contributed by atoms with Crippen molar-refractivity contribution < 1.29 is 5.11 Å². The number of phenolic OH excluding ortho intramolecular Hbond substituents is 1. The SMILES string of the molecule is C[C@H](c1cc(C(C)(C)C)ccc1O)N1CCNCC1. The van der Waals surface area contributed by atoms with Crippen molar-refractivity contribution in [2.45, 2.75) is 39.2 Å². The van der Waals surface area contributed by atoms with E-state index in [1.165, 1.54) is 5.56 Å². The Labute approximate surface area is 116 Å². The summed E-state index contributed by atoms with van der Waals surface area (Å²) in [5, 5.41) is 13.5. The highest BCUT2D eigenvalue weighted by molar-refractivity contribution is 5.40. The lowest BCUT2D eigenvalue weighted by molar-refractivity contribution is 0.183. The van der Waals surface area contributed by atoms with Crippen LogP contribution in [0.4, 0.5) is 0 Å². The van der Waals surface area contributed by atoms with E-state index >= 15 is 0 Å². The molecule has 3 heteroatoms. The molecule has 19 heavy (non-hydrogen) atoms. The van der Waals surface area contributed by atoms with Crippen LogP contribution in [0.2, 0.25) is 0 Å². The summed E-state index contributed by atoms with van der Waals surface area (Å²) in [6.45, 7) is 13.0. The molecule has 1 aromatic carbocycles. The van der Waals surface area contributed by atoms with Crippen molar-refractivity contribution in [2.24, 2.45) is 0 Å². The molecule has 0 amide bonds. The normalized spacial score (nSPS) is 19.4. The second-order valence-electron chi connectivity index (χ2n) is 6.49. The molecular formula is C16H26N2O. The average Bonchev–Trinajstić information content (AvgIpc) is 2.38. The van der Waals surface area contributed by atoms with Gasteiger partial charge in [-0.3, -0.25) is 4.90 Å². The standard InChI is InChI=1S/C16H26N2O/c1-12(18-9-7-17-8-10-18)14-11-13(16(2,3)4)5-6-15(14)19/h5-6,11-12,17,19H,7-10H2,1-4H3/t12-/m1/s1. The van der Waals surface area contributed by atoms with Gasteiger partial charge in [0.15, 0.2) is 0 Å². The van der Waals surface area contributed by atoms with E-state index in [1.54, 1.807) is 0 Å². The Morgan fingerprint density at radius 3 is 2.42 bits per heavy atom. The van der Waals surface area contributed by atoms with E-state index < -0.39 is 0 Å². The molecule has 1 aliphatic heterocycles. The number of nitrogens with zero attached hydrogens (tertiary/aromatic N) is 1. The Morgan fingerprint density at radius 1 is 1.21 bits per heavy atom. The molecule has 2 rings (SSSR count). The van der Waals surface area contributed by atoms with Crippen molar-refractivity contribution in [2.75, 3.05) is 26.2 Å². The number of hydrogen-bond acceptors (Lipinski definition) is 3. The van der Waals surface area contributed by atoms with Gasteiger partial charge >= 0.3 is 0 Å². The van der Waals surface area contributed by atoms with E-state index in [0.717, 1.165) is 31.7 Å². The van der Waals surface area contributed by atoms with Gasteiger partial charge in [0.2, 0.25) is 0 Å². The summed E-state index contributed by atoms with van der Waals surface area (Å²) in [4.78, 5) is 2.43. The number of aromatic hydroxyl groups is 1. The fourth-order valence-electron chi connectivity index (χ4n) is 2.62. The van der Waals surface area contributed by atoms with E-state index in [-0.39, 0.29) is 11.5 Å². The largest absolute Gasteiger partial charge is 0.508 e. The van der Waals surface area contributed by atoms with Crippen LogP contribution in [0.3, 0.4) is 0 Å². The average molecular weight is 262 g/mol. The van der Waals surface area contributed by atoms with Gasteiger partial charge in [-0.2, -0.15) is 0 Å². The topological polar surface area (TPSA) is 35.5 Å². The molecule has 0 aliphatic carbocycles. The number of phenols is 1. The molecule has 0 saturated carbocycles. The van der Waals surface area contributed by atoms with Gasteiger partial charge in [0.1, 0.15) is 5.75 Å². The molecule has 0 bridgehead atoms. The smallest absolute Gasteiger partial charge is 0.120 e. The molecule has 1 aliphatic rings. The van der Waals surface area contributed by atoms with E-state index in [0.29, 0.717) is 5.75 Å². The van der Waals surface area contributed by atoms with Crippen LogP contribution in [0.5, 0.6) is 5.75 Å². The van der Waals surface area contributed by atoms with Crippen molar-refractivity contribution in [1.29, 1.82) is 0 Å². The predicted molar refractivity (Wildman–Crippen MR) is 79.7 cm³/mol. The number of hydrogen-bond donors (Lipinski definition) is 2. The molecule has 0 radical (unpaired) electrons. The van der Waals surface area contributed by atoms with Crippen LogP contribution in [0, 0.1) is 0 Å². The minimum absolute atomic E-state index is 0.117. The minimum atomic E-state index is 0.117. The summed E-state index contributed by atoms with van der Waals surface area (Å²) in [7, 11) is 0. The van der Waals surface area contributed by atoms with Gasteiger partial charge in [0.25, 0.3) is 0 Å². The van der Waals surface area contributed by atoms with Crippen molar-refractivity contribution in [3.05, 3.63) is 29.3 Å². The highest BCUT2D eigenvalue weighted by atomic mass is 16.3. The molecule has 1 saturated heterocycles. The van der Waals surface area contributed by atoms with Crippen LogP contribution in [0.15, 0.2) is 18.2 Å². The first-order valence-corrected chi connectivity index (χ1v) is 7.18. The quantitative estimate of drug-likeness (QED) is 0.860. The van der Waals surface area contributed by atoms with Gasteiger partial charge in [-0.05, 0) is 24.0 Å². The van der Waals surface area contributed by atoms with Crippen LogP contribution in [-0.2, 0) is 5.41 Å². The zero-order chi connectivity index (χ0) is 14.0. The number of benzene rings is 1. The Bertz CT molecular complexity index is 431. The number of rotatable bonds is 2. The zero-order valence-electron chi connectivity index (χ0n) is 12.5. The molecule has 1 fully saturated rings. The fraction of sp³-hybridized carbons (Fsp3) is 0.625. The second-order valence-corrected chi connectivity index (χ2v) is 6.49. The molecule has 0 aromatic heterocycles. The van der Waals surface area contributed by atoms with Crippen molar-refractivity contribution in [1.82, 2.24) is 10.2 Å². The predicted octanol–water partition coefficient (Wildman–Crippen LogP) is 2.66. The highest BCUT2D eigenvalue weighted by Crippen LogP contribution is 2.33. The van der Waals surface area contributed by atoms with Gasteiger partial charge in [-0.15, -0.1) is 0 Å². The van der Waals surface area contributed by atoms with Crippen molar-refractivity contribution in [3.63, 3.8) is 0 Å². The first kappa shape index (κ1) is 14.4. The Kier molecular flexibility index (Phi) is 4.16. The number of piperazine rings is 1. The zero-order valence-corrected chi connectivity index (χ0v) is 12.5. The summed E-state index contributed by atoms with van der Waals surface area (Å²) < 4.78 is 0. The van der Waals surface area contributed by atoms with Gasteiger partial charge in [-0.1, -0.05) is 32.9 Å². The molecular weight excluding hydrogens is 236 g/mol. The van der Waals surface area contributed by atoms with Gasteiger partial charge in [0, 0.05) is 37.8 Å². The molecule has 0 spiro atoms. The molecule has 0 unspecified atom stereocenters. The fourth-order valence-corrected chi connectivity index (χ4v) is 2.62.